The fourth-order valence-corrected chi connectivity index (χ4v) is 3.35. The first-order valence-electron chi connectivity index (χ1n) is 9.57. The van der Waals surface area contributed by atoms with Gasteiger partial charge in [-0.2, -0.15) is 5.10 Å². The maximum atomic E-state index is 12.5. The molecule has 1 amide bonds. The Hall–Kier alpha value is -2.13. The zero-order valence-corrected chi connectivity index (χ0v) is 16.3. The molecular weight excluding hydrogens is 348 g/mol. The molecular formula is C18H30N6O3. The number of carbonyl (C=O) groups is 1. The molecule has 2 fully saturated rings. The molecule has 150 valence electrons. The fourth-order valence-electron chi connectivity index (χ4n) is 3.35. The highest BCUT2D eigenvalue weighted by Crippen LogP contribution is 2.16. The first-order valence-corrected chi connectivity index (χ1v) is 9.57. The minimum absolute atomic E-state index is 0.0549. The summed E-state index contributed by atoms with van der Waals surface area (Å²) in [4.78, 5) is 20.6. The molecule has 9 nitrogen and oxygen atoms in total. The number of piperazine rings is 1. The highest BCUT2D eigenvalue weighted by Gasteiger charge is 2.27. The van der Waals surface area contributed by atoms with E-state index >= 15 is 0 Å². The van der Waals surface area contributed by atoms with Gasteiger partial charge in [0.25, 0.3) is 0 Å². The average Bonchev–Trinajstić information content (AvgIpc) is 3.33. The molecule has 0 bridgehead atoms. The van der Waals surface area contributed by atoms with Gasteiger partial charge in [-0.1, -0.05) is 0 Å². The van der Waals surface area contributed by atoms with Crippen molar-refractivity contribution in [1.82, 2.24) is 20.0 Å². The van der Waals surface area contributed by atoms with Crippen LogP contribution in [0.4, 0.5) is 5.69 Å². The molecule has 0 saturated carbocycles. The lowest BCUT2D eigenvalue weighted by Crippen LogP contribution is -2.55. The molecule has 1 N–H and O–H groups in total. The summed E-state index contributed by atoms with van der Waals surface area (Å²) in [5.74, 6) is 1.37. The van der Waals surface area contributed by atoms with E-state index in [2.05, 4.69) is 15.4 Å². The van der Waals surface area contributed by atoms with Gasteiger partial charge in [-0.25, -0.2) is 0 Å². The molecule has 1 aromatic rings. The van der Waals surface area contributed by atoms with Gasteiger partial charge in [0.1, 0.15) is 6.54 Å². The van der Waals surface area contributed by atoms with Crippen LogP contribution in [-0.4, -0.2) is 86.2 Å². The minimum atomic E-state index is 0.0549. The molecule has 9 heteroatoms. The summed E-state index contributed by atoms with van der Waals surface area (Å²) in [5, 5.41) is 7.47. The van der Waals surface area contributed by atoms with Crippen LogP contribution in [0.3, 0.4) is 0 Å². The molecule has 1 aromatic heterocycles. The van der Waals surface area contributed by atoms with Crippen LogP contribution in [-0.2, 0) is 21.3 Å². The van der Waals surface area contributed by atoms with E-state index < -0.39 is 0 Å². The molecule has 0 aliphatic carbocycles. The van der Waals surface area contributed by atoms with Gasteiger partial charge >= 0.3 is 0 Å². The number of nitrogens with one attached hydrogen (secondary N) is 1. The zero-order valence-electron chi connectivity index (χ0n) is 16.3. The molecule has 1 unspecified atom stereocenters. The largest absolute Gasteiger partial charge is 0.381 e. The van der Waals surface area contributed by atoms with Crippen molar-refractivity contribution >= 4 is 17.6 Å². The monoisotopic (exact) mass is 378 g/mol. The van der Waals surface area contributed by atoms with Crippen molar-refractivity contribution in [1.29, 1.82) is 0 Å². The molecule has 0 aromatic carbocycles. The van der Waals surface area contributed by atoms with E-state index in [1.807, 2.05) is 18.1 Å². The van der Waals surface area contributed by atoms with Crippen molar-refractivity contribution in [3.63, 3.8) is 0 Å². The molecule has 27 heavy (non-hydrogen) atoms. The van der Waals surface area contributed by atoms with Gasteiger partial charge in [0, 0.05) is 59.1 Å². The normalized spacial score (nSPS) is 21.2. The molecule has 2 saturated heterocycles. The van der Waals surface area contributed by atoms with Crippen LogP contribution >= 0.6 is 0 Å². The van der Waals surface area contributed by atoms with Crippen LogP contribution in [0.5, 0.6) is 0 Å². The zero-order chi connectivity index (χ0) is 19.1. The maximum absolute atomic E-state index is 12.5. The van der Waals surface area contributed by atoms with Gasteiger partial charge in [-0.15, -0.1) is 0 Å². The number of rotatable bonds is 7. The van der Waals surface area contributed by atoms with Gasteiger partial charge in [0.2, 0.25) is 5.91 Å². The second kappa shape index (κ2) is 9.70. The lowest BCUT2D eigenvalue weighted by Gasteiger charge is -2.35. The Balaban J connectivity index is 1.36. The Morgan fingerprint density at radius 3 is 3.04 bits per heavy atom. The van der Waals surface area contributed by atoms with Crippen molar-refractivity contribution in [2.24, 2.45) is 18.0 Å². The number of anilines is 1. The second-order valence-electron chi connectivity index (χ2n) is 6.97. The van der Waals surface area contributed by atoms with Gasteiger partial charge in [0.05, 0.1) is 25.1 Å². The van der Waals surface area contributed by atoms with Gasteiger partial charge in [-0.05, 0) is 12.8 Å². The molecule has 2 aliphatic rings. The highest BCUT2D eigenvalue weighted by molar-refractivity contribution is 5.98. The third-order valence-corrected chi connectivity index (χ3v) is 4.86. The van der Waals surface area contributed by atoms with Crippen LogP contribution in [0.15, 0.2) is 17.4 Å². The van der Waals surface area contributed by atoms with Crippen molar-refractivity contribution < 1.29 is 14.3 Å². The van der Waals surface area contributed by atoms with E-state index in [1.54, 1.807) is 22.8 Å². The summed E-state index contributed by atoms with van der Waals surface area (Å²) >= 11 is 0. The predicted molar refractivity (Wildman–Crippen MR) is 103 cm³/mol. The number of aliphatic imine (C=N–C) groups is 1. The minimum Gasteiger partial charge on any atom is -0.381 e. The Morgan fingerprint density at radius 1 is 1.48 bits per heavy atom. The molecule has 1 atom stereocenters. The van der Waals surface area contributed by atoms with Crippen LogP contribution < -0.4 is 10.2 Å². The van der Waals surface area contributed by atoms with E-state index in [0.717, 1.165) is 57.4 Å². The lowest BCUT2D eigenvalue weighted by atomic mass is 10.1. The van der Waals surface area contributed by atoms with E-state index in [9.17, 15) is 4.79 Å². The van der Waals surface area contributed by atoms with E-state index in [-0.39, 0.29) is 5.91 Å². The van der Waals surface area contributed by atoms with Crippen LogP contribution in [0.25, 0.3) is 0 Å². The Kier molecular flexibility index (Phi) is 7.05. The van der Waals surface area contributed by atoms with E-state index in [1.165, 1.54) is 0 Å². The highest BCUT2D eigenvalue weighted by atomic mass is 16.5. The number of hydrogen-bond donors (Lipinski definition) is 1. The smallest absolute Gasteiger partial charge is 0.246 e. The standard InChI is InChI=1S/C18H30N6O3/c1-19-18(20-5-3-8-26-13-15-4-9-27-14-15)23-6-7-24(17(25)12-23)16-10-21-22(2)11-16/h10-11,15H,3-9,12-14H2,1-2H3,(H,19,20). The van der Waals surface area contributed by atoms with Crippen LogP contribution in [0.1, 0.15) is 12.8 Å². The summed E-state index contributed by atoms with van der Waals surface area (Å²) in [6, 6.07) is 0. The predicted octanol–water partition coefficient (Wildman–Crippen LogP) is 0.0873. The van der Waals surface area contributed by atoms with Gasteiger partial charge in [-0.3, -0.25) is 14.5 Å². The third-order valence-electron chi connectivity index (χ3n) is 4.86. The number of aryl methyl sites for hydroxylation is 1. The summed E-state index contributed by atoms with van der Waals surface area (Å²) in [6.45, 7) is 5.62. The van der Waals surface area contributed by atoms with Crippen molar-refractivity contribution in [3.05, 3.63) is 12.4 Å². The van der Waals surface area contributed by atoms with Crippen molar-refractivity contribution in [2.45, 2.75) is 12.8 Å². The third kappa shape index (κ3) is 5.43. The summed E-state index contributed by atoms with van der Waals surface area (Å²) in [7, 11) is 3.60. The number of ether oxygens (including phenoxy) is 2. The molecule has 2 aliphatic heterocycles. The number of amides is 1. The number of hydrogen-bond acceptors (Lipinski definition) is 5. The summed E-state index contributed by atoms with van der Waals surface area (Å²) < 4.78 is 12.8. The average molecular weight is 378 g/mol. The Bertz CT molecular complexity index is 641. The van der Waals surface area contributed by atoms with Crippen molar-refractivity contribution in [2.75, 3.05) is 64.6 Å². The topological polar surface area (TPSA) is 84.2 Å². The summed E-state index contributed by atoms with van der Waals surface area (Å²) in [5.41, 5.74) is 0.843. The van der Waals surface area contributed by atoms with Gasteiger partial charge < -0.3 is 24.6 Å². The maximum Gasteiger partial charge on any atom is 0.246 e. The molecule has 3 heterocycles. The first-order chi connectivity index (χ1) is 13.2. The number of guanidine groups is 1. The Labute approximate surface area is 160 Å². The van der Waals surface area contributed by atoms with E-state index in [0.29, 0.717) is 25.6 Å². The number of carbonyl (C=O) groups excluding carboxylic acids is 1. The van der Waals surface area contributed by atoms with Crippen LogP contribution in [0, 0.1) is 5.92 Å². The quantitative estimate of drug-likeness (QED) is 0.411. The molecule has 0 spiro atoms. The Morgan fingerprint density at radius 2 is 2.37 bits per heavy atom. The molecule has 0 radical (unpaired) electrons. The summed E-state index contributed by atoms with van der Waals surface area (Å²) in [6.07, 6.45) is 5.58. The lowest BCUT2D eigenvalue weighted by molar-refractivity contribution is -0.120. The SMILES string of the molecule is CN=C(NCCCOCC1CCOC1)N1CCN(c2cnn(C)c2)C(=O)C1. The molecule has 3 rings (SSSR count). The second-order valence-corrected chi connectivity index (χ2v) is 6.97. The number of nitrogens with zero attached hydrogens (tertiary/aromatic N) is 5. The first kappa shape index (κ1) is 19.6. The van der Waals surface area contributed by atoms with E-state index in [4.69, 9.17) is 9.47 Å². The fraction of sp³-hybridized carbons (Fsp3) is 0.722. The van der Waals surface area contributed by atoms with Gasteiger partial charge in [0.15, 0.2) is 5.96 Å². The van der Waals surface area contributed by atoms with Crippen LogP contribution in [0.2, 0.25) is 0 Å². The van der Waals surface area contributed by atoms with Crippen molar-refractivity contribution in [3.8, 4) is 0 Å². The number of aromatic nitrogens is 2.